The Kier molecular flexibility index (Phi) is 8.93. The zero-order valence-corrected chi connectivity index (χ0v) is 20.0. The van der Waals surface area contributed by atoms with Crippen molar-refractivity contribution >= 4 is 6.03 Å². The average molecular weight is 468 g/mol. The smallest absolute Gasteiger partial charge is 0.315 e. The largest absolute Gasteiger partial charge is 0.392 e. The molecule has 4 rings (SSSR count). The van der Waals surface area contributed by atoms with Crippen molar-refractivity contribution in [3.05, 3.63) is 70.8 Å². The van der Waals surface area contributed by atoms with E-state index in [2.05, 4.69) is 15.5 Å². The van der Waals surface area contributed by atoms with Gasteiger partial charge in [0.05, 0.1) is 18.8 Å². The number of hydrogen-bond acceptors (Lipinski definition) is 5. The standard InChI is InChI=1S/C27H37N3O4/c1-2-28-27(32)29-17-20-6-12-23(13-7-20)26-33-24(18-30-14-4-3-5-15-30)16-25(34-26)22-10-8-21(19-31)9-11-22/h6-13,24-26,31H,2-5,14-19H2,1H3,(H2,28,29,32)/t24-,25+,26+/m1/s1. The molecule has 0 radical (unpaired) electrons. The van der Waals surface area contributed by atoms with E-state index in [1.165, 1.54) is 19.3 Å². The number of nitrogens with one attached hydrogen (secondary N) is 2. The van der Waals surface area contributed by atoms with E-state index in [1.807, 2.05) is 55.5 Å². The normalized spacial score (nSPS) is 23.4. The van der Waals surface area contributed by atoms with Crippen molar-refractivity contribution in [3.8, 4) is 0 Å². The summed E-state index contributed by atoms with van der Waals surface area (Å²) >= 11 is 0. The molecule has 2 aromatic carbocycles. The number of piperidine rings is 1. The topological polar surface area (TPSA) is 83.1 Å². The van der Waals surface area contributed by atoms with Crippen LogP contribution < -0.4 is 10.6 Å². The van der Waals surface area contributed by atoms with Gasteiger partial charge >= 0.3 is 6.03 Å². The molecule has 2 aromatic rings. The van der Waals surface area contributed by atoms with Crippen LogP contribution in [0.5, 0.6) is 0 Å². The summed E-state index contributed by atoms with van der Waals surface area (Å²) in [6.07, 6.45) is 4.19. The van der Waals surface area contributed by atoms with Crippen molar-refractivity contribution in [3.63, 3.8) is 0 Å². The Morgan fingerprint density at radius 3 is 2.29 bits per heavy atom. The minimum atomic E-state index is -0.448. The molecule has 0 aliphatic carbocycles. The van der Waals surface area contributed by atoms with Gasteiger partial charge in [0.15, 0.2) is 6.29 Å². The predicted molar refractivity (Wildman–Crippen MR) is 131 cm³/mol. The Morgan fingerprint density at radius 2 is 1.62 bits per heavy atom. The molecule has 7 heteroatoms. The van der Waals surface area contributed by atoms with Gasteiger partial charge in [-0.25, -0.2) is 4.79 Å². The highest BCUT2D eigenvalue weighted by molar-refractivity contribution is 5.73. The van der Waals surface area contributed by atoms with Gasteiger partial charge in [-0.1, -0.05) is 55.0 Å². The molecule has 0 bridgehead atoms. The van der Waals surface area contributed by atoms with E-state index in [-0.39, 0.29) is 24.8 Å². The zero-order valence-electron chi connectivity index (χ0n) is 20.0. The molecule has 0 aromatic heterocycles. The Bertz CT molecular complexity index is 897. The Morgan fingerprint density at radius 1 is 0.941 bits per heavy atom. The van der Waals surface area contributed by atoms with Gasteiger partial charge < -0.3 is 30.1 Å². The number of carbonyl (C=O) groups is 1. The first-order valence-electron chi connectivity index (χ1n) is 12.5. The molecule has 3 atom stereocenters. The molecule has 184 valence electrons. The maximum Gasteiger partial charge on any atom is 0.315 e. The number of amides is 2. The van der Waals surface area contributed by atoms with Gasteiger partial charge in [0.2, 0.25) is 0 Å². The van der Waals surface area contributed by atoms with E-state index in [1.54, 1.807) is 0 Å². The van der Waals surface area contributed by atoms with Gasteiger partial charge in [-0.3, -0.25) is 0 Å². The molecule has 2 aliphatic heterocycles. The maximum absolute atomic E-state index is 11.7. The number of rotatable bonds is 8. The van der Waals surface area contributed by atoms with Crippen molar-refractivity contribution in [2.45, 2.75) is 64.3 Å². The van der Waals surface area contributed by atoms with Crippen LogP contribution in [-0.2, 0) is 22.6 Å². The lowest BCUT2D eigenvalue weighted by Crippen LogP contribution is -2.41. The van der Waals surface area contributed by atoms with Gasteiger partial charge in [0.25, 0.3) is 0 Å². The fourth-order valence-corrected chi connectivity index (χ4v) is 4.66. The van der Waals surface area contributed by atoms with E-state index in [4.69, 9.17) is 9.47 Å². The molecule has 2 aliphatic rings. The summed E-state index contributed by atoms with van der Waals surface area (Å²) in [6, 6.07) is 15.9. The van der Waals surface area contributed by atoms with E-state index >= 15 is 0 Å². The van der Waals surface area contributed by atoms with Crippen LogP contribution in [0.15, 0.2) is 48.5 Å². The molecule has 2 amide bonds. The molecular weight excluding hydrogens is 430 g/mol. The fourth-order valence-electron chi connectivity index (χ4n) is 4.66. The number of benzene rings is 2. The monoisotopic (exact) mass is 467 g/mol. The zero-order chi connectivity index (χ0) is 23.8. The third-order valence-electron chi connectivity index (χ3n) is 6.57. The van der Waals surface area contributed by atoms with Crippen molar-refractivity contribution in [2.24, 2.45) is 0 Å². The lowest BCUT2D eigenvalue weighted by atomic mass is 9.99. The number of aliphatic hydroxyl groups excluding tert-OH is 1. The average Bonchev–Trinajstić information content (AvgIpc) is 2.88. The number of hydrogen-bond donors (Lipinski definition) is 3. The first kappa shape index (κ1) is 24.7. The molecule has 7 nitrogen and oxygen atoms in total. The third-order valence-corrected chi connectivity index (χ3v) is 6.57. The fraction of sp³-hybridized carbons (Fsp3) is 0.519. The van der Waals surface area contributed by atoms with E-state index in [0.29, 0.717) is 13.1 Å². The van der Waals surface area contributed by atoms with Crippen molar-refractivity contribution in [1.82, 2.24) is 15.5 Å². The van der Waals surface area contributed by atoms with Crippen molar-refractivity contribution < 1.29 is 19.4 Å². The van der Waals surface area contributed by atoms with Crippen LogP contribution >= 0.6 is 0 Å². The number of carbonyl (C=O) groups excluding carboxylic acids is 1. The summed E-state index contributed by atoms with van der Waals surface area (Å²) in [5.41, 5.74) is 4.00. The lowest BCUT2D eigenvalue weighted by Gasteiger charge is -2.39. The highest BCUT2D eigenvalue weighted by atomic mass is 16.7. The molecule has 3 N–H and O–H groups in total. The summed E-state index contributed by atoms with van der Waals surface area (Å²) in [4.78, 5) is 14.2. The van der Waals surface area contributed by atoms with Crippen molar-refractivity contribution in [2.75, 3.05) is 26.2 Å². The van der Waals surface area contributed by atoms with Crippen LogP contribution in [0.2, 0.25) is 0 Å². The van der Waals surface area contributed by atoms with E-state index in [9.17, 15) is 9.90 Å². The summed E-state index contributed by atoms with van der Waals surface area (Å²) < 4.78 is 12.9. The summed E-state index contributed by atoms with van der Waals surface area (Å²) in [6.45, 7) is 6.18. The Hall–Kier alpha value is -2.45. The van der Waals surface area contributed by atoms with Crippen LogP contribution in [0, 0.1) is 0 Å². The van der Waals surface area contributed by atoms with Crippen LogP contribution in [0.4, 0.5) is 4.79 Å². The number of aliphatic hydroxyl groups is 1. The minimum Gasteiger partial charge on any atom is -0.392 e. The second-order valence-corrected chi connectivity index (χ2v) is 9.17. The molecule has 2 fully saturated rings. The van der Waals surface area contributed by atoms with Gasteiger partial charge in [0, 0.05) is 31.6 Å². The van der Waals surface area contributed by atoms with Gasteiger partial charge in [0.1, 0.15) is 0 Å². The Labute approximate surface area is 202 Å². The number of likely N-dealkylation sites (tertiary alicyclic amines) is 1. The second kappa shape index (κ2) is 12.3. The van der Waals surface area contributed by atoms with Crippen molar-refractivity contribution in [1.29, 1.82) is 0 Å². The minimum absolute atomic E-state index is 0.0381. The molecule has 0 unspecified atom stereocenters. The number of urea groups is 1. The lowest BCUT2D eigenvalue weighted by molar-refractivity contribution is -0.253. The van der Waals surface area contributed by atoms with E-state index in [0.717, 1.165) is 48.3 Å². The first-order valence-corrected chi connectivity index (χ1v) is 12.5. The van der Waals surface area contributed by atoms with Crippen LogP contribution in [0.1, 0.15) is 67.3 Å². The molecular formula is C27H37N3O4. The van der Waals surface area contributed by atoms with Gasteiger partial charge in [-0.15, -0.1) is 0 Å². The van der Waals surface area contributed by atoms with Crippen LogP contribution in [0.25, 0.3) is 0 Å². The third kappa shape index (κ3) is 6.79. The highest BCUT2D eigenvalue weighted by Gasteiger charge is 2.33. The summed E-state index contributed by atoms with van der Waals surface area (Å²) in [5.74, 6) is 0. The summed E-state index contributed by atoms with van der Waals surface area (Å²) in [5, 5.41) is 15.0. The quantitative estimate of drug-likeness (QED) is 0.546. The molecule has 34 heavy (non-hydrogen) atoms. The second-order valence-electron chi connectivity index (χ2n) is 9.17. The molecule has 0 spiro atoms. The van der Waals surface area contributed by atoms with Gasteiger partial charge in [-0.2, -0.15) is 0 Å². The van der Waals surface area contributed by atoms with E-state index < -0.39 is 6.29 Å². The summed E-state index contributed by atoms with van der Waals surface area (Å²) in [7, 11) is 0. The number of ether oxygens (including phenoxy) is 2. The van der Waals surface area contributed by atoms with Gasteiger partial charge in [-0.05, 0) is 49.5 Å². The molecule has 0 saturated carbocycles. The molecule has 2 heterocycles. The van der Waals surface area contributed by atoms with Crippen LogP contribution in [0.3, 0.4) is 0 Å². The number of nitrogens with zero attached hydrogens (tertiary/aromatic N) is 1. The SMILES string of the molecule is CCNC(=O)NCc1ccc([C@H]2O[C@@H](CN3CCCCC3)C[C@@H](c3ccc(CO)cc3)O2)cc1. The first-order chi connectivity index (χ1) is 16.6. The maximum atomic E-state index is 11.7. The van der Waals surface area contributed by atoms with Crippen LogP contribution in [-0.4, -0.2) is 48.3 Å². The molecule has 2 saturated heterocycles. The predicted octanol–water partition coefficient (Wildman–Crippen LogP) is 4.03. The highest BCUT2D eigenvalue weighted by Crippen LogP contribution is 2.38. The Balaban J connectivity index is 1.45.